The Hall–Kier alpha value is -2.87. The predicted molar refractivity (Wildman–Crippen MR) is 105 cm³/mol. The second kappa shape index (κ2) is 8.43. The van der Waals surface area contributed by atoms with Crippen molar-refractivity contribution in [1.82, 2.24) is 10.2 Å². The van der Waals surface area contributed by atoms with Gasteiger partial charge in [-0.2, -0.15) is 0 Å². The largest absolute Gasteiger partial charge is 0.497 e. The molecule has 8 heteroatoms. The summed E-state index contributed by atoms with van der Waals surface area (Å²) < 4.78 is 29.3. The summed E-state index contributed by atoms with van der Waals surface area (Å²) in [6.45, 7) is 0.329. The first-order chi connectivity index (χ1) is 13.4. The Kier molecular flexibility index (Phi) is 5.99. The zero-order valence-electron chi connectivity index (χ0n) is 15.5. The van der Waals surface area contributed by atoms with Crippen LogP contribution in [-0.2, 0) is 21.1 Å². The van der Waals surface area contributed by atoms with Crippen LogP contribution in [0, 0.1) is 0 Å². The highest BCUT2D eigenvalue weighted by atomic mass is 32.2. The highest BCUT2D eigenvalue weighted by Crippen LogP contribution is 2.19. The molecule has 0 radical (unpaired) electrons. The Bertz CT molecular complexity index is 960. The van der Waals surface area contributed by atoms with Crippen molar-refractivity contribution < 1.29 is 22.7 Å². The van der Waals surface area contributed by atoms with Gasteiger partial charge in [-0.1, -0.05) is 30.3 Å². The molecule has 1 fully saturated rings. The van der Waals surface area contributed by atoms with Crippen molar-refractivity contribution in [2.24, 2.45) is 0 Å². The molecule has 0 aromatic heterocycles. The maximum absolute atomic E-state index is 12.7. The minimum Gasteiger partial charge on any atom is -0.497 e. The SMILES string of the molecule is COc1cccc(CCNC(=O)[C@@H]2CS(=O)(=O)CN2C(=O)c2ccccc2)c1. The molecule has 1 N–H and O–H groups in total. The zero-order chi connectivity index (χ0) is 20.1. The molecular weight excluding hydrogens is 380 g/mol. The standard InChI is InChI=1S/C20H22N2O5S/c1-27-17-9-5-6-15(12-17)10-11-21-19(23)18-13-28(25,26)14-22(18)20(24)16-7-3-2-4-8-16/h2-9,12,18H,10-11,13-14H2,1H3,(H,21,23)/t18-/m0/s1. The third-order valence-corrected chi connectivity index (χ3v) is 6.05. The van der Waals surface area contributed by atoms with E-state index in [1.807, 2.05) is 24.3 Å². The van der Waals surface area contributed by atoms with Crippen LogP contribution < -0.4 is 10.1 Å². The topological polar surface area (TPSA) is 92.8 Å². The van der Waals surface area contributed by atoms with Gasteiger partial charge in [0.1, 0.15) is 17.7 Å². The van der Waals surface area contributed by atoms with Crippen molar-refractivity contribution in [2.45, 2.75) is 12.5 Å². The average molecular weight is 402 g/mol. The molecule has 1 aliphatic rings. The molecule has 0 bridgehead atoms. The van der Waals surface area contributed by atoms with Gasteiger partial charge in [0.2, 0.25) is 5.91 Å². The van der Waals surface area contributed by atoms with Crippen LogP contribution in [0.4, 0.5) is 0 Å². The fourth-order valence-electron chi connectivity index (χ4n) is 3.12. The Morgan fingerprint density at radius 2 is 1.89 bits per heavy atom. The molecule has 0 spiro atoms. The van der Waals surface area contributed by atoms with Crippen LogP contribution in [0.15, 0.2) is 54.6 Å². The van der Waals surface area contributed by atoms with E-state index in [0.717, 1.165) is 16.2 Å². The fourth-order valence-corrected chi connectivity index (χ4v) is 4.76. The Morgan fingerprint density at radius 3 is 2.61 bits per heavy atom. The van der Waals surface area contributed by atoms with Gasteiger partial charge in [-0.15, -0.1) is 0 Å². The smallest absolute Gasteiger partial charge is 0.255 e. The van der Waals surface area contributed by atoms with Gasteiger partial charge in [0.05, 0.1) is 12.9 Å². The van der Waals surface area contributed by atoms with Gasteiger partial charge in [0.15, 0.2) is 9.84 Å². The van der Waals surface area contributed by atoms with E-state index in [0.29, 0.717) is 18.5 Å². The summed E-state index contributed by atoms with van der Waals surface area (Å²) in [6.07, 6.45) is 0.565. The quantitative estimate of drug-likeness (QED) is 0.785. The molecule has 7 nitrogen and oxygen atoms in total. The van der Waals surface area contributed by atoms with Crippen molar-refractivity contribution >= 4 is 21.7 Å². The van der Waals surface area contributed by atoms with Crippen LogP contribution in [0.2, 0.25) is 0 Å². The summed E-state index contributed by atoms with van der Waals surface area (Å²) >= 11 is 0. The van der Waals surface area contributed by atoms with E-state index in [2.05, 4.69) is 5.32 Å². The summed E-state index contributed by atoms with van der Waals surface area (Å²) in [4.78, 5) is 26.4. The fraction of sp³-hybridized carbons (Fsp3) is 0.300. The molecule has 0 aliphatic carbocycles. The molecule has 1 saturated heterocycles. The monoisotopic (exact) mass is 402 g/mol. The van der Waals surface area contributed by atoms with Gasteiger partial charge in [-0.25, -0.2) is 8.42 Å². The van der Waals surface area contributed by atoms with Gasteiger partial charge >= 0.3 is 0 Å². The van der Waals surface area contributed by atoms with Gasteiger partial charge in [-0.3, -0.25) is 9.59 Å². The maximum atomic E-state index is 12.7. The zero-order valence-corrected chi connectivity index (χ0v) is 16.3. The van der Waals surface area contributed by atoms with Crippen molar-refractivity contribution in [3.05, 3.63) is 65.7 Å². The van der Waals surface area contributed by atoms with E-state index < -0.39 is 33.6 Å². The molecule has 2 amide bonds. The first kappa shape index (κ1) is 19.9. The molecule has 1 aliphatic heterocycles. The van der Waals surface area contributed by atoms with Crippen LogP contribution in [0.25, 0.3) is 0 Å². The number of nitrogens with one attached hydrogen (secondary N) is 1. The van der Waals surface area contributed by atoms with Crippen molar-refractivity contribution in [2.75, 3.05) is 25.3 Å². The van der Waals surface area contributed by atoms with E-state index in [1.54, 1.807) is 37.4 Å². The number of amides is 2. The molecule has 28 heavy (non-hydrogen) atoms. The number of ether oxygens (including phenoxy) is 1. The lowest BCUT2D eigenvalue weighted by Crippen LogP contribution is -2.47. The molecule has 2 aromatic rings. The highest BCUT2D eigenvalue weighted by Gasteiger charge is 2.42. The molecule has 148 valence electrons. The Labute approximate surface area is 164 Å². The highest BCUT2D eigenvalue weighted by molar-refractivity contribution is 7.91. The number of benzene rings is 2. The average Bonchev–Trinajstić information content (AvgIpc) is 3.04. The van der Waals surface area contributed by atoms with E-state index in [4.69, 9.17) is 4.74 Å². The number of carbonyl (C=O) groups excluding carboxylic acids is 2. The van der Waals surface area contributed by atoms with E-state index in [9.17, 15) is 18.0 Å². The number of hydrogen-bond donors (Lipinski definition) is 1. The predicted octanol–water partition coefficient (Wildman–Crippen LogP) is 1.25. The second-order valence-corrected chi connectivity index (χ2v) is 8.67. The maximum Gasteiger partial charge on any atom is 0.255 e. The number of methoxy groups -OCH3 is 1. The normalized spacial score (nSPS) is 17.9. The Morgan fingerprint density at radius 1 is 1.14 bits per heavy atom. The van der Waals surface area contributed by atoms with Crippen molar-refractivity contribution in [3.63, 3.8) is 0 Å². The summed E-state index contributed by atoms with van der Waals surface area (Å²) in [5.74, 6) is -1.01. The lowest BCUT2D eigenvalue weighted by molar-refractivity contribution is -0.124. The van der Waals surface area contributed by atoms with Gasteiger partial charge in [0.25, 0.3) is 5.91 Å². The first-order valence-corrected chi connectivity index (χ1v) is 10.7. The van der Waals surface area contributed by atoms with Crippen LogP contribution >= 0.6 is 0 Å². The minimum absolute atomic E-state index is 0.329. The number of sulfone groups is 1. The Balaban J connectivity index is 1.65. The molecule has 3 rings (SSSR count). The van der Waals surface area contributed by atoms with Crippen molar-refractivity contribution in [1.29, 1.82) is 0 Å². The molecule has 0 saturated carbocycles. The van der Waals surface area contributed by atoms with Crippen LogP contribution in [0.1, 0.15) is 15.9 Å². The number of hydrogen-bond acceptors (Lipinski definition) is 5. The first-order valence-electron chi connectivity index (χ1n) is 8.87. The third kappa shape index (κ3) is 4.69. The van der Waals surface area contributed by atoms with Gasteiger partial charge < -0.3 is 15.0 Å². The van der Waals surface area contributed by atoms with Crippen molar-refractivity contribution in [3.8, 4) is 5.75 Å². The molecule has 0 unspecified atom stereocenters. The number of nitrogens with zero attached hydrogens (tertiary/aromatic N) is 1. The van der Waals surface area contributed by atoms with E-state index in [-0.39, 0.29) is 5.75 Å². The second-order valence-electron chi connectivity index (χ2n) is 6.59. The summed E-state index contributed by atoms with van der Waals surface area (Å²) in [7, 11) is -1.92. The third-order valence-electron chi connectivity index (χ3n) is 4.56. The van der Waals surface area contributed by atoms with Gasteiger partial charge in [-0.05, 0) is 36.2 Å². The number of rotatable bonds is 6. The summed E-state index contributed by atoms with van der Waals surface area (Å²) in [5, 5.41) is 2.75. The lowest BCUT2D eigenvalue weighted by atomic mass is 10.1. The molecule has 1 heterocycles. The molecular formula is C20H22N2O5S. The van der Waals surface area contributed by atoms with Crippen LogP contribution in [-0.4, -0.2) is 56.5 Å². The molecule has 2 aromatic carbocycles. The molecule has 1 atom stereocenters. The van der Waals surface area contributed by atoms with Crippen LogP contribution in [0.5, 0.6) is 5.75 Å². The summed E-state index contributed by atoms with van der Waals surface area (Å²) in [6, 6.07) is 14.8. The summed E-state index contributed by atoms with van der Waals surface area (Å²) in [5.41, 5.74) is 1.34. The van der Waals surface area contributed by atoms with Gasteiger partial charge in [0, 0.05) is 12.1 Å². The lowest BCUT2D eigenvalue weighted by Gasteiger charge is -2.22. The van der Waals surface area contributed by atoms with E-state index in [1.165, 1.54) is 0 Å². The van der Waals surface area contributed by atoms with E-state index >= 15 is 0 Å². The van der Waals surface area contributed by atoms with Crippen LogP contribution in [0.3, 0.4) is 0 Å². The minimum atomic E-state index is -3.50. The number of carbonyl (C=O) groups is 2.